The van der Waals surface area contributed by atoms with Gasteiger partial charge in [0.25, 0.3) is 0 Å². The second-order valence-electron chi connectivity index (χ2n) is 5.38. The number of pyridine rings is 1. The Kier molecular flexibility index (Phi) is 12.0. The molecule has 0 atom stereocenters. The first-order chi connectivity index (χ1) is 14.0. The third kappa shape index (κ3) is 6.59. The zero-order valence-corrected chi connectivity index (χ0v) is 16.0. The second-order valence-corrected chi connectivity index (χ2v) is 5.72. The van der Waals surface area contributed by atoms with Crippen molar-refractivity contribution in [3.05, 3.63) is 41.6 Å². The summed E-state index contributed by atoms with van der Waals surface area (Å²) in [6, 6.07) is 3.76. The van der Waals surface area contributed by atoms with Crippen LogP contribution in [0.1, 0.15) is 24.2 Å². The number of aromatic nitrogens is 4. The zero-order valence-electron chi connectivity index (χ0n) is 15.2. The quantitative estimate of drug-likeness (QED) is 0.291. The van der Waals surface area contributed by atoms with Crippen molar-refractivity contribution in [2.75, 3.05) is 0 Å². The Balaban J connectivity index is 0.00000120. The fourth-order valence-corrected chi connectivity index (χ4v) is 2.53. The van der Waals surface area contributed by atoms with E-state index in [0.29, 0.717) is 5.69 Å². The highest BCUT2D eigenvalue weighted by Gasteiger charge is 2.21. The van der Waals surface area contributed by atoms with Crippen LogP contribution in [0, 0.1) is 0 Å². The third-order valence-electron chi connectivity index (χ3n) is 3.31. The van der Waals surface area contributed by atoms with Crippen LogP contribution in [-0.2, 0) is 11.8 Å². The van der Waals surface area contributed by atoms with Gasteiger partial charge < -0.3 is 9.30 Å². The van der Waals surface area contributed by atoms with Gasteiger partial charge in [-0.15, -0.1) is 0 Å². The van der Waals surface area contributed by atoms with Gasteiger partial charge in [0.1, 0.15) is 11.2 Å². The molecule has 0 saturated carbocycles. The van der Waals surface area contributed by atoms with Crippen molar-refractivity contribution >= 4 is 28.6 Å². The van der Waals surface area contributed by atoms with Gasteiger partial charge in [0.15, 0.2) is 0 Å². The largest absolute Gasteiger partial charge is 0.459 e. The van der Waals surface area contributed by atoms with E-state index in [-0.39, 0.29) is 17.0 Å². The number of nitrogens with zero attached hydrogens (tertiary/aromatic N) is 4. The number of fused-ring (bicyclic) bond motifs is 1. The predicted octanol–water partition coefficient (Wildman–Crippen LogP) is 5.77. The standard InChI is InChI=1S/C16H15ClN4O2.3F2/c1-9(2)23-15(22)11-7-19-16(17)20-13(11)12-8-21(3)14-10(12)5-4-6-18-14;3*1-2/h4-9H,1-3H3;;;. The van der Waals surface area contributed by atoms with E-state index < -0.39 is 5.97 Å². The van der Waals surface area contributed by atoms with Crippen molar-refractivity contribution in [2.24, 2.45) is 7.05 Å². The molecule has 6 nitrogen and oxygen atoms in total. The lowest BCUT2D eigenvalue weighted by atomic mass is 10.1. The Hall–Kier alpha value is -2.89. The van der Waals surface area contributed by atoms with Gasteiger partial charge >= 0.3 is 5.97 Å². The molecular weight excluding hydrogens is 430 g/mol. The fraction of sp³-hybridized carbons (Fsp3) is 0.250. The molecular formula is C16H15ClF6N4O2. The van der Waals surface area contributed by atoms with Crippen LogP contribution in [-0.4, -0.2) is 31.6 Å². The first kappa shape index (κ1) is 26.1. The van der Waals surface area contributed by atoms with Crippen LogP contribution in [0.2, 0.25) is 5.28 Å². The average Bonchev–Trinajstić information content (AvgIpc) is 3.08. The smallest absolute Gasteiger partial charge is 0.342 e. The van der Waals surface area contributed by atoms with Crippen molar-refractivity contribution in [3.8, 4) is 11.3 Å². The van der Waals surface area contributed by atoms with E-state index in [1.165, 1.54) is 6.20 Å². The zero-order chi connectivity index (χ0) is 22.6. The molecule has 3 aromatic heterocycles. The van der Waals surface area contributed by atoms with Crippen LogP contribution in [0.4, 0.5) is 27.4 Å². The summed E-state index contributed by atoms with van der Waals surface area (Å²) in [7, 11) is 1.88. The molecule has 0 saturated heterocycles. The molecule has 0 aromatic carbocycles. The minimum absolute atomic E-state index is 0.0713. The van der Waals surface area contributed by atoms with E-state index in [9.17, 15) is 4.79 Å². The van der Waals surface area contributed by atoms with Crippen molar-refractivity contribution < 1.29 is 37.0 Å². The number of esters is 1. The molecule has 0 aliphatic rings. The van der Waals surface area contributed by atoms with Gasteiger partial charge in [0.05, 0.1) is 11.8 Å². The van der Waals surface area contributed by atoms with Crippen LogP contribution in [0.15, 0.2) is 30.7 Å². The number of halogens is 7. The number of ether oxygens (including phenoxy) is 1. The summed E-state index contributed by atoms with van der Waals surface area (Å²) in [5.41, 5.74) is 2.27. The van der Waals surface area contributed by atoms with Gasteiger partial charge in [0, 0.05) is 64.0 Å². The van der Waals surface area contributed by atoms with Gasteiger partial charge in [0.2, 0.25) is 5.28 Å². The summed E-state index contributed by atoms with van der Waals surface area (Å²) >= 11 is 5.94. The van der Waals surface area contributed by atoms with E-state index >= 15 is 0 Å². The normalized spacial score (nSPS) is 9.48. The molecule has 0 bridgehead atoms. The maximum Gasteiger partial charge on any atom is 0.342 e. The second kappa shape index (κ2) is 13.3. The van der Waals surface area contributed by atoms with Crippen LogP contribution in [0.3, 0.4) is 0 Å². The topological polar surface area (TPSA) is 69.9 Å². The lowest BCUT2D eigenvalue weighted by molar-refractivity contribution is 0.0378. The van der Waals surface area contributed by atoms with Crippen molar-refractivity contribution in [1.29, 1.82) is 0 Å². The number of hydrogen-bond donors (Lipinski definition) is 0. The number of rotatable bonds is 3. The van der Waals surface area contributed by atoms with Gasteiger partial charge in [-0.2, -0.15) is 0 Å². The number of aryl methyl sites for hydroxylation is 1. The summed E-state index contributed by atoms with van der Waals surface area (Å²) in [5, 5.41) is 0.949. The Morgan fingerprint density at radius 3 is 2.34 bits per heavy atom. The molecule has 29 heavy (non-hydrogen) atoms. The fourth-order valence-electron chi connectivity index (χ4n) is 2.39. The van der Waals surface area contributed by atoms with E-state index in [4.69, 9.17) is 43.8 Å². The first-order valence-corrected chi connectivity index (χ1v) is 7.92. The summed E-state index contributed by atoms with van der Waals surface area (Å²) in [6.07, 6.45) is 4.74. The van der Waals surface area contributed by atoms with Gasteiger partial charge in [-0.25, -0.2) is 19.7 Å². The van der Waals surface area contributed by atoms with Gasteiger partial charge in [-0.3, -0.25) is 0 Å². The molecule has 0 fully saturated rings. The maximum atomic E-state index is 12.3. The van der Waals surface area contributed by atoms with Gasteiger partial charge in [-0.1, -0.05) is 0 Å². The van der Waals surface area contributed by atoms with E-state index in [1.54, 1.807) is 20.0 Å². The highest BCUT2D eigenvalue weighted by molar-refractivity contribution is 6.28. The monoisotopic (exact) mass is 444 g/mol. The van der Waals surface area contributed by atoms with E-state index in [0.717, 1.165) is 16.6 Å². The average molecular weight is 445 g/mol. The Labute approximate surface area is 165 Å². The summed E-state index contributed by atoms with van der Waals surface area (Å²) in [6.45, 7) is 3.58. The van der Waals surface area contributed by atoms with Crippen LogP contribution < -0.4 is 0 Å². The van der Waals surface area contributed by atoms with Crippen LogP contribution in [0.5, 0.6) is 0 Å². The summed E-state index contributed by atoms with van der Waals surface area (Å²) in [5.74, 6) is -0.479. The first-order valence-electron chi connectivity index (χ1n) is 7.54. The molecule has 3 heterocycles. The minimum atomic E-state index is -0.479. The molecule has 0 aliphatic heterocycles. The SMILES string of the molecule is CC(C)OC(=O)c1cnc(Cl)nc1-c1cn(C)c2ncccc12.FF.FF.FF. The van der Waals surface area contributed by atoms with Crippen LogP contribution >= 0.6 is 11.6 Å². The highest BCUT2D eigenvalue weighted by atomic mass is 35.5. The predicted molar refractivity (Wildman–Crippen MR) is 93.9 cm³/mol. The lowest BCUT2D eigenvalue weighted by Gasteiger charge is -2.10. The lowest BCUT2D eigenvalue weighted by Crippen LogP contribution is -2.13. The van der Waals surface area contributed by atoms with Crippen molar-refractivity contribution in [1.82, 2.24) is 19.5 Å². The van der Waals surface area contributed by atoms with Crippen molar-refractivity contribution in [3.63, 3.8) is 0 Å². The Morgan fingerprint density at radius 1 is 1.14 bits per heavy atom. The minimum Gasteiger partial charge on any atom is -0.459 e. The molecule has 3 aromatic rings. The molecule has 0 spiro atoms. The Morgan fingerprint density at radius 2 is 1.76 bits per heavy atom. The number of hydrogen-bond acceptors (Lipinski definition) is 5. The third-order valence-corrected chi connectivity index (χ3v) is 3.49. The molecule has 160 valence electrons. The number of carbonyl (C=O) groups is 1. The van der Waals surface area contributed by atoms with E-state index in [2.05, 4.69) is 15.0 Å². The molecule has 0 N–H and O–H groups in total. The maximum absolute atomic E-state index is 12.3. The Bertz CT molecular complexity index is 910. The highest BCUT2D eigenvalue weighted by Crippen LogP contribution is 2.31. The van der Waals surface area contributed by atoms with Crippen molar-refractivity contribution in [2.45, 2.75) is 20.0 Å². The van der Waals surface area contributed by atoms with Gasteiger partial charge in [-0.05, 0) is 37.6 Å². The molecule has 0 amide bonds. The van der Waals surface area contributed by atoms with Crippen LogP contribution in [0.25, 0.3) is 22.3 Å². The molecule has 0 radical (unpaired) electrons. The number of carbonyl (C=O) groups excluding carboxylic acids is 1. The molecule has 13 heteroatoms. The molecule has 0 unspecified atom stereocenters. The molecule has 0 aliphatic carbocycles. The summed E-state index contributed by atoms with van der Waals surface area (Å²) < 4.78 is 55.1. The summed E-state index contributed by atoms with van der Waals surface area (Å²) in [4.78, 5) is 24.8. The molecule has 3 rings (SSSR count). The van der Waals surface area contributed by atoms with E-state index in [1.807, 2.05) is 29.9 Å².